The summed E-state index contributed by atoms with van der Waals surface area (Å²) in [6.07, 6.45) is -10.9. The van der Waals surface area contributed by atoms with E-state index in [2.05, 4.69) is 0 Å². The van der Waals surface area contributed by atoms with Crippen molar-refractivity contribution in [3.63, 3.8) is 0 Å². The Hall–Kier alpha value is -1.64. The predicted molar refractivity (Wildman–Crippen MR) is 106 cm³/mol. The molecule has 1 aromatic carbocycles. The summed E-state index contributed by atoms with van der Waals surface area (Å²) < 4.78 is 27.3. The van der Waals surface area contributed by atoms with Crippen LogP contribution in [0.3, 0.4) is 0 Å². The van der Waals surface area contributed by atoms with Crippen molar-refractivity contribution in [3.8, 4) is 0 Å². The second-order valence-corrected chi connectivity index (χ2v) is 8.17. The number of aliphatic hydroxyl groups excluding tert-OH is 6. The molecule has 2 fully saturated rings. The molecule has 0 bridgehead atoms. The van der Waals surface area contributed by atoms with Gasteiger partial charge < -0.3 is 54.0 Å². The van der Waals surface area contributed by atoms with E-state index in [9.17, 15) is 30.6 Å². The number of aryl methyl sites for hydroxylation is 1. The summed E-state index contributed by atoms with van der Waals surface area (Å²) >= 11 is 0. The molecule has 2 aliphatic heterocycles. The quantitative estimate of drug-likeness (QED) is 0.299. The van der Waals surface area contributed by atoms with Crippen molar-refractivity contribution in [2.45, 2.75) is 68.8 Å². The van der Waals surface area contributed by atoms with Gasteiger partial charge in [-0.05, 0) is 18.6 Å². The summed E-state index contributed by atoms with van der Waals surface area (Å²) in [5.74, 6) is 0. The van der Waals surface area contributed by atoms with Gasteiger partial charge in [0.2, 0.25) is 0 Å². The molecule has 2 aromatic rings. The number of furan rings is 1. The van der Waals surface area contributed by atoms with Gasteiger partial charge in [-0.25, -0.2) is 0 Å². The lowest BCUT2D eigenvalue weighted by Gasteiger charge is -2.41. The zero-order valence-electron chi connectivity index (χ0n) is 17.4. The van der Waals surface area contributed by atoms with Crippen molar-refractivity contribution in [3.05, 3.63) is 35.6 Å². The third kappa shape index (κ3) is 4.68. The number of aliphatic hydroxyl groups is 6. The van der Waals surface area contributed by atoms with Crippen molar-refractivity contribution < 1.29 is 54.0 Å². The molecule has 0 aliphatic carbocycles. The maximum absolute atomic E-state index is 10.3. The summed E-state index contributed by atoms with van der Waals surface area (Å²) in [7, 11) is 0. The average molecular weight is 456 g/mol. The highest BCUT2D eigenvalue weighted by Crippen LogP contribution is 2.27. The van der Waals surface area contributed by atoms with Gasteiger partial charge in [-0.2, -0.15) is 0 Å². The Morgan fingerprint density at radius 1 is 0.906 bits per heavy atom. The fraction of sp³-hybridized carbons (Fsp3) is 0.619. The highest BCUT2D eigenvalue weighted by Gasteiger charge is 2.45. The van der Waals surface area contributed by atoms with Gasteiger partial charge in [0.15, 0.2) is 12.6 Å². The van der Waals surface area contributed by atoms with E-state index >= 15 is 0 Å². The van der Waals surface area contributed by atoms with Crippen molar-refractivity contribution >= 4 is 11.0 Å². The third-order valence-electron chi connectivity index (χ3n) is 5.76. The second-order valence-electron chi connectivity index (χ2n) is 8.17. The molecule has 2 aliphatic rings. The first kappa shape index (κ1) is 23.5. The number of benzene rings is 1. The van der Waals surface area contributed by atoms with Gasteiger partial charge in [0.05, 0.1) is 26.1 Å². The summed E-state index contributed by atoms with van der Waals surface area (Å²) in [5, 5.41) is 60.8. The van der Waals surface area contributed by atoms with Crippen LogP contribution in [-0.4, -0.2) is 99.2 Å². The normalized spacial score (nSPS) is 38.3. The highest BCUT2D eigenvalue weighted by molar-refractivity contribution is 5.81. The van der Waals surface area contributed by atoms with Crippen LogP contribution >= 0.6 is 0 Å². The SMILES string of the molecule is Cc1ccc2c(CO[C@@H]3O[C@H](CO[C@@H]4OC[C@H](O)[C@H](O)[C@H]4O)[C@@H](O)[C@H](O)[C@H]3O)coc2c1. The molecule has 0 unspecified atom stereocenters. The van der Waals surface area contributed by atoms with E-state index < -0.39 is 55.3 Å². The fourth-order valence-electron chi connectivity index (χ4n) is 3.78. The van der Waals surface area contributed by atoms with Crippen molar-refractivity contribution in [2.75, 3.05) is 13.2 Å². The number of rotatable bonds is 6. The van der Waals surface area contributed by atoms with E-state index in [1.165, 1.54) is 6.26 Å². The zero-order chi connectivity index (χ0) is 23.0. The minimum atomic E-state index is -1.57. The molecular formula is C21H28O11. The van der Waals surface area contributed by atoms with E-state index in [1.807, 2.05) is 25.1 Å². The molecule has 11 nitrogen and oxygen atoms in total. The second kappa shape index (κ2) is 9.69. The molecule has 6 N–H and O–H groups in total. The van der Waals surface area contributed by atoms with E-state index in [0.717, 1.165) is 16.5 Å². The van der Waals surface area contributed by atoms with Crippen LogP contribution in [0.1, 0.15) is 11.1 Å². The third-order valence-corrected chi connectivity index (χ3v) is 5.76. The molecule has 178 valence electrons. The Morgan fingerprint density at radius 2 is 1.66 bits per heavy atom. The zero-order valence-corrected chi connectivity index (χ0v) is 17.4. The van der Waals surface area contributed by atoms with E-state index in [-0.39, 0.29) is 19.8 Å². The maximum atomic E-state index is 10.3. The Morgan fingerprint density at radius 3 is 2.44 bits per heavy atom. The van der Waals surface area contributed by atoms with Gasteiger partial charge in [0.1, 0.15) is 48.3 Å². The molecule has 0 amide bonds. The van der Waals surface area contributed by atoms with E-state index in [0.29, 0.717) is 5.58 Å². The number of hydrogen-bond acceptors (Lipinski definition) is 11. The van der Waals surface area contributed by atoms with Gasteiger partial charge in [0.25, 0.3) is 0 Å². The Labute approximate surface area is 183 Å². The van der Waals surface area contributed by atoms with Crippen molar-refractivity contribution in [1.29, 1.82) is 0 Å². The van der Waals surface area contributed by atoms with Crippen molar-refractivity contribution in [1.82, 2.24) is 0 Å². The molecule has 4 rings (SSSR count). The lowest BCUT2D eigenvalue weighted by molar-refractivity contribution is -0.322. The van der Waals surface area contributed by atoms with E-state index in [4.69, 9.17) is 23.4 Å². The molecule has 0 radical (unpaired) electrons. The molecule has 1 aromatic heterocycles. The molecule has 0 spiro atoms. The van der Waals surface area contributed by atoms with E-state index in [1.54, 1.807) is 0 Å². The summed E-state index contributed by atoms with van der Waals surface area (Å²) in [5.41, 5.74) is 2.45. The Kier molecular flexibility index (Phi) is 7.12. The first-order chi connectivity index (χ1) is 15.3. The molecular weight excluding hydrogens is 428 g/mol. The van der Waals surface area contributed by atoms with Gasteiger partial charge in [0, 0.05) is 10.9 Å². The molecule has 3 heterocycles. The number of fused-ring (bicyclic) bond motifs is 1. The largest absolute Gasteiger partial charge is 0.464 e. The van der Waals surface area contributed by atoms with Gasteiger partial charge in [-0.15, -0.1) is 0 Å². The first-order valence-electron chi connectivity index (χ1n) is 10.3. The molecule has 0 saturated carbocycles. The number of hydrogen-bond donors (Lipinski definition) is 6. The lowest BCUT2D eigenvalue weighted by atomic mass is 9.99. The minimum absolute atomic E-state index is 0.0166. The fourth-order valence-corrected chi connectivity index (χ4v) is 3.78. The topological polar surface area (TPSA) is 171 Å². The molecule has 2 saturated heterocycles. The van der Waals surface area contributed by atoms with Gasteiger partial charge >= 0.3 is 0 Å². The predicted octanol–water partition coefficient (Wildman–Crippen LogP) is -1.48. The van der Waals surface area contributed by atoms with Crippen LogP contribution in [0, 0.1) is 6.92 Å². The van der Waals surface area contributed by atoms with Gasteiger partial charge in [-0.1, -0.05) is 12.1 Å². The molecule has 9 atom stereocenters. The van der Waals surface area contributed by atoms with Crippen LogP contribution in [0.15, 0.2) is 28.9 Å². The summed E-state index contributed by atoms with van der Waals surface area (Å²) in [6.45, 7) is 1.37. The Balaban J connectivity index is 1.37. The lowest BCUT2D eigenvalue weighted by Crippen LogP contribution is -2.60. The first-order valence-corrected chi connectivity index (χ1v) is 10.3. The van der Waals surface area contributed by atoms with Gasteiger partial charge in [-0.3, -0.25) is 0 Å². The smallest absolute Gasteiger partial charge is 0.187 e. The molecule has 32 heavy (non-hydrogen) atoms. The van der Waals surface area contributed by atoms with Crippen LogP contribution in [0.4, 0.5) is 0 Å². The monoisotopic (exact) mass is 456 g/mol. The van der Waals surface area contributed by atoms with Crippen LogP contribution in [0.5, 0.6) is 0 Å². The van der Waals surface area contributed by atoms with Crippen LogP contribution < -0.4 is 0 Å². The van der Waals surface area contributed by atoms with Crippen molar-refractivity contribution in [2.24, 2.45) is 0 Å². The highest BCUT2D eigenvalue weighted by atomic mass is 16.7. The summed E-state index contributed by atoms with van der Waals surface area (Å²) in [6, 6.07) is 5.70. The number of ether oxygens (including phenoxy) is 4. The minimum Gasteiger partial charge on any atom is -0.464 e. The standard InChI is InChI=1S/C21H28O11/c1-9-2-3-11-10(5-28-13(11)4-9)6-29-21-19(27)17(25)16(24)14(32-21)8-31-20-18(26)15(23)12(22)7-30-20/h2-5,12,14-27H,6-8H2,1H3/t12-,14+,15-,16+,17-,18+,19+,20-,21+/m0/s1. The Bertz CT molecular complexity index is 901. The van der Waals surface area contributed by atoms with Crippen LogP contribution in [-0.2, 0) is 25.6 Å². The molecule has 11 heteroatoms. The average Bonchev–Trinajstić information content (AvgIpc) is 3.17. The maximum Gasteiger partial charge on any atom is 0.187 e. The summed E-state index contributed by atoms with van der Waals surface area (Å²) in [4.78, 5) is 0. The van der Waals surface area contributed by atoms with Crippen LogP contribution in [0.25, 0.3) is 11.0 Å². The van der Waals surface area contributed by atoms with Crippen LogP contribution in [0.2, 0.25) is 0 Å².